The summed E-state index contributed by atoms with van der Waals surface area (Å²) in [5.41, 5.74) is 2.19. The van der Waals surface area contributed by atoms with E-state index in [4.69, 9.17) is 0 Å². The smallest absolute Gasteiger partial charge is 0.221 e. The summed E-state index contributed by atoms with van der Waals surface area (Å²) in [6.45, 7) is 0. The lowest BCUT2D eigenvalue weighted by atomic mass is 10.1. The van der Waals surface area contributed by atoms with Gasteiger partial charge in [-0.15, -0.1) is 0 Å². The number of fused-ring (bicyclic) bond motifs is 1. The number of thioether (sulfide) groups is 1. The summed E-state index contributed by atoms with van der Waals surface area (Å²) < 4.78 is 0. The first kappa shape index (κ1) is 12.5. The van der Waals surface area contributed by atoms with Crippen LogP contribution in [0.25, 0.3) is 0 Å². The molecule has 1 aliphatic carbocycles. The fourth-order valence-electron chi connectivity index (χ4n) is 2.19. The van der Waals surface area contributed by atoms with E-state index in [0.717, 1.165) is 16.9 Å². The molecule has 2 atom stereocenters. The molecule has 0 unspecified atom stereocenters. The van der Waals surface area contributed by atoms with Crippen molar-refractivity contribution < 1.29 is 9.90 Å². The lowest BCUT2D eigenvalue weighted by Crippen LogP contribution is -2.33. The van der Waals surface area contributed by atoms with E-state index in [-0.39, 0.29) is 11.9 Å². The summed E-state index contributed by atoms with van der Waals surface area (Å²) in [6.07, 6.45) is 2.62. The van der Waals surface area contributed by atoms with Crippen molar-refractivity contribution in [1.82, 2.24) is 5.32 Å². The summed E-state index contributed by atoms with van der Waals surface area (Å²) in [4.78, 5) is 11.7. The number of aliphatic hydroxyl groups is 1. The highest BCUT2D eigenvalue weighted by Crippen LogP contribution is 2.31. The van der Waals surface area contributed by atoms with Crippen LogP contribution in [0.4, 0.5) is 0 Å². The molecule has 2 rings (SSSR count). The molecule has 92 valence electrons. The van der Waals surface area contributed by atoms with Crippen molar-refractivity contribution in [3.8, 4) is 0 Å². The maximum atomic E-state index is 11.7. The van der Waals surface area contributed by atoms with Crippen molar-refractivity contribution in [3.63, 3.8) is 0 Å². The highest BCUT2D eigenvalue weighted by Gasteiger charge is 2.31. The Hall–Kier alpha value is -1.00. The Labute approximate surface area is 106 Å². The Bertz CT molecular complexity index is 408. The van der Waals surface area contributed by atoms with Crippen molar-refractivity contribution in [3.05, 3.63) is 35.4 Å². The summed E-state index contributed by atoms with van der Waals surface area (Å²) in [6, 6.07) is 7.65. The van der Waals surface area contributed by atoms with E-state index >= 15 is 0 Å². The fourth-order valence-corrected chi connectivity index (χ4v) is 2.58. The van der Waals surface area contributed by atoms with Crippen LogP contribution >= 0.6 is 11.8 Å². The zero-order valence-electron chi connectivity index (χ0n) is 9.85. The molecular weight excluding hydrogens is 234 g/mol. The Morgan fingerprint density at radius 2 is 2.29 bits per heavy atom. The topological polar surface area (TPSA) is 49.3 Å². The Kier molecular flexibility index (Phi) is 4.07. The largest absolute Gasteiger partial charge is 0.390 e. The number of aliphatic hydroxyl groups excluding tert-OH is 1. The van der Waals surface area contributed by atoms with E-state index in [1.165, 1.54) is 0 Å². The minimum Gasteiger partial charge on any atom is -0.390 e. The van der Waals surface area contributed by atoms with Crippen molar-refractivity contribution in [1.29, 1.82) is 0 Å². The van der Waals surface area contributed by atoms with E-state index in [1.807, 2.05) is 30.5 Å². The molecule has 4 heteroatoms. The molecular formula is C13H17NO2S. The normalized spacial score (nSPS) is 22.2. The first-order chi connectivity index (χ1) is 8.22. The minimum atomic E-state index is -0.495. The summed E-state index contributed by atoms with van der Waals surface area (Å²) in [7, 11) is 0. The Morgan fingerprint density at radius 1 is 1.53 bits per heavy atom. The van der Waals surface area contributed by atoms with Gasteiger partial charge in [-0.05, 0) is 17.4 Å². The highest BCUT2D eigenvalue weighted by atomic mass is 32.2. The first-order valence-electron chi connectivity index (χ1n) is 5.76. The lowest BCUT2D eigenvalue weighted by Gasteiger charge is -2.17. The first-order valence-corrected chi connectivity index (χ1v) is 7.16. The van der Waals surface area contributed by atoms with E-state index in [0.29, 0.717) is 12.8 Å². The van der Waals surface area contributed by atoms with E-state index in [1.54, 1.807) is 11.8 Å². The van der Waals surface area contributed by atoms with Crippen LogP contribution in [0.15, 0.2) is 24.3 Å². The Balaban J connectivity index is 2.04. The van der Waals surface area contributed by atoms with Gasteiger partial charge in [0.2, 0.25) is 5.91 Å². The SMILES string of the molecule is CSCCC(=O)N[C@@H]1c2ccccc2C[C@@H]1O. The summed E-state index contributed by atoms with van der Waals surface area (Å²) in [5, 5.41) is 12.9. The van der Waals surface area contributed by atoms with Gasteiger partial charge in [0.05, 0.1) is 12.1 Å². The number of amides is 1. The average Bonchev–Trinajstić information content (AvgIpc) is 2.64. The van der Waals surface area contributed by atoms with Gasteiger partial charge in [0, 0.05) is 18.6 Å². The second-order valence-corrected chi connectivity index (χ2v) is 5.24. The van der Waals surface area contributed by atoms with Crippen molar-refractivity contribution in [2.45, 2.75) is 25.0 Å². The quantitative estimate of drug-likeness (QED) is 0.853. The van der Waals surface area contributed by atoms with E-state index in [9.17, 15) is 9.90 Å². The van der Waals surface area contributed by atoms with Crippen LogP contribution in [0.1, 0.15) is 23.6 Å². The number of benzene rings is 1. The maximum absolute atomic E-state index is 11.7. The fraction of sp³-hybridized carbons (Fsp3) is 0.462. The number of hydrogen-bond acceptors (Lipinski definition) is 3. The predicted molar refractivity (Wildman–Crippen MR) is 70.0 cm³/mol. The number of carbonyl (C=O) groups is 1. The van der Waals surface area contributed by atoms with Crippen LogP contribution in [-0.2, 0) is 11.2 Å². The van der Waals surface area contributed by atoms with Gasteiger partial charge in [0.25, 0.3) is 0 Å². The molecule has 0 fully saturated rings. The number of carbonyl (C=O) groups excluding carboxylic acids is 1. The van der Waals surface area contributed by atoms with E-state index in [2.05, 4.69) is 5.32 Å². The Morgan fingerprint density at radius 3 is 3.06 bits per heavy atom. The second kappa shape index (κ2) is 5.56. The van der Waals surface area contributed by atoms with Crippen molar-refractivity contribution >= 4 is 17.7 Å². The van der Waals surface area contributed by atoms with Crippen LogP contribution in [-0.4, -0.2) is 29.1 Å². The molecule has 2 N–H and O–H groups in total. The molecule has 1 aromatic carbocycles. The van der Waals surface area contributed by atoms with Crippen LogP contribution < -0.4 is 5.32 Å². The molecule has 1 aliphatic rings. The third-order valence-electron chi connectivity index (χ3n) is 3.05. The molecule has 0 saturated carbocycles. The van der Waals surface area contributed by atoms with Gasteiger partial charge in [0.15, 0.2) is 0 Å². The minimum absolute atomic E-state index is 0.0140. The van der Waals surface area contributed by atoms with Gasteiger partial charge in [-0.25, -0.2) is 0 Å². The molecule has 0 saturated heterocycles. The monoisotopic (exact) mass is 251 g/mol. The van der Waals surface area contributed by atoms with Gasteiger partial charge in [-0.1, -0.05) is 24.3 Å². The van der Waals surface area contributed by atoms with Crippen molar-refractivity contribution in [2.75, 3.05) is 12.0 Å². The number of hydrogen-bond donors (Lipinski definition) is 2. The van der Waals surface area contributed by atoms with Gasteiger partial charge in [0.1, 0.15) is 0 Å². The molecule has 0 aromatic heterocycles. The third kappa shape index (κ3) is 2.82. The molecule has 0 heterocycles. The highest BCUT2D eigenvalue weighted by molar-refractivity contribution is 7.98. The van der Waals surface area contributed by atoms with Gasteiger partial charge in [-0.3, -0.25) is 4.79 Å². The molecule has 17 heavy (non-hydrogen) atoms. The lowest BCUT2D eigenvalue weighted by molar-refractivity contribution is -0.122. The maximum Gasteiger partial charge on any atom is 0.221 e. The molecule has 1 aromatic rings. The van der Waals surface area contributed by atoms with Crippen LogP contribution in [0.5, 0.6) is 0 Å². The zero-order valence-corrected chi connectivity index (χ0v) is 10.7. The molecule has 0 bridgehead atoms. The van der Waals surface area contributed by atoms with Crippen LogP contribution in [0, 0.1) is 0 Å². The summed E-state index contributed by atoms with van der Waals surface area (Å²) in [5.74, 6) is 0.830. The molecule has 0 spiro atoms. The zero-order chi connectivity index (χ0) is 12.3. The molecule has 0 aliphatic heterocycles. The van der Waals surface area contributed by atoms with Gasteiger partial charge in [-0.2, -0.15) is 11.8 Å². The molecule has 0 radical (unpaired) electrons. The van der Waals surface area contributed by atoms with Crippen molar-refractivity contribution in [2.24, 2.45) is 0 Å². The molecule has 3 nitrogen and oxygen atoms in total. The van der Waals surface area contributed by atoms with Gasteiger partial charge < -0.3 is 10.4 Å². The van der Waals surface area contributed by atoms with Crippen LogP contribution in [0.2, 0.25) is 0 Å². The van der Waals surface area contributed by atoms with Gasteiger partial charge >= 0.3 is 0 Å². The summed E-state index contributed by atoms with van der Waals surface area (Å²) >= 11 is 1.65. The standard InChI is InChI=1S/C13H17NO2S/c1-17-7-6-12(16)14-13-10-5-3-2-4-9(10)8-11(13)15/h2-5,11,13,15H,6-8H2,1H3,(H,14,16)/t11-,13+/m0/s1. The van der Waals surface area contributed by atoms with E-state index < -0.39 is 6.10 Å². The second-order valence-electron chi connectivity index (χ2n) is 4.26. The van der Waals surface area contributed by atoms with Crippen LogP contribution in [0.3, 0.4) is 0 Å². The number of rotatable bonds is 4. The number of nitrogens with one attached hydrogen (secondary N) is 1. The molecule has 1 amide bonds. The average molecular weight is 251 g/mol. The third-order valence-corrected chi connectivity index (χ3v) is 3.67. The predicted octanol–water partition coefficient (Wildman–Crippen LogP) is 1.51.